The van der Waals surface area contributed by atoms with Gasteiger partial charge in [-0.3, -0.25) is 4.79 Å². The predicted molar refractivity (Wildman–Crippen MR) is 111 cm³/mol. The number of nitrogens with one attached hydrogen (secondary N) is 1. The van der Waals surface area contributed by atoms with Gasteiger partial charge in [-0.2, -0.15) is 4.31 Å². The molecule has 1 aliphatic heterocycles. The first-order valence-electron chi connectivity index (χ1n) is 9.65. The van der Waals surface area contributed by atoms with Gasteiger partial charge in [-0.25, -0.2) is 13.2 Å². The average Bonchev–Trinajstić information content (AvgIpc) is 2.74. The molecule has 0 bridgehead atoms. The fraction of sp³-hybridized carbons (Fsp3) is 0.333. The number of ether oxygens (including phenoxy) is 1. The summed E-state index contributed by atoms with van der Waals surface area (Å²) in [4.78, 5) is 24.3. The topological polar surface area (TPSA) is 113 Å². The molecule has 2 aromatic rings. The normalized spacial score (nSPS) is 14.8. The van der Waals surface area contributed by atoms with Crippen LogP contribution >= 0.6 is 0 Å². The number of aromatic hydroxyl groups is 1. The first-order valence-corrected chi connectivity index (χ1v) is 11.1. The van der Waals surface area contributed by atoms with E-state index in [1.165, 1.54) is 22.5 Å². The SMILES string of the molecule is Cc1ccc(NC(=O)COC(=O)c2ccccc2O)cc1S(=O)(=O)N1CCCCC1. The molecule has 0 atom stereocenters. The van der Waals surface area contributed by atoms with Gasteiger partial charge in [0.05, 0.1) is 4.90 Å². The van der Waals surface area contributed by atoms with Crippen molar-refractivity contribution in [3.63, 3.8) is 0 Å². The van der Waals surface area contributed by atoms with Crippen LogP contribution in [0.5, 0.6) is 5.75 Å². The average molecular weight is 432 g/mol. The number of phenols is 1. The third kappa shape index (κ3) is 4.98. The lowest BCUT2D eigenvalue weighted by atomic mass is 10.2. The van der Waals surface area contributed by atoms with E-state index in [2.05, 4.69) is 5.32 Å². The van der Waals surface area contributed by atoms with Gasteiger partial charge in [0.15, 0.2) is 6.61 Å². The maximum atomic E-state index is 13.0. The maximum absolute atomic E-state index is 13.0. The minimum Gasteiger partial charge on any atom is -0.507 e. The van der Waals surface area contributed by atoms with Crippen molar-refractivity contribution in [2.24, 2.45) is 0 Å². The zero-order valence-electron chi connectivity index (χ0n) is 16.6. The summed E-state index contributed by atoms with van der Waals surface area (Å²) >= 11 is 0. The molecule has 2 aromatic carbocycles. The van der Waals surface area contributed by atoms with Crippen LogP contribution in [0.15, 0.2) is 47.4 Å². The van der Waals surface area contributed by atoms with Gasteiger partial charge in [-0.1, -0.05) is 24.6 Å². The Kier molecular flexibility index (Phi) is 6.73. The summed E-state index contributed by atoms with van der Waals surface area (Å²) in [5.41, 5.74) is 0.833. The number of piperidine rings is 1. The molecule has 1 fully saturated rings. The molecule has 0 aromatic heterocycles. The monoisotopic (exact) mass is 432 g/mol. The predicted octanol–water partition coefficient (Wildman–Crippen LogP) is 2.67. The van der Waals surface area contributed by atoms with E-state index in [4.69, 9.17) is 4.74 Å². The molecule has 1 amide bonds. The lowest BCUT2D eigenvalue weighted by molar-refractivity contribution is -0.119. The van der Waals surface area contributed by atoms with Gasteiger partial charge in [0.25, 0.3) is 5.91 Å². The number of nitrogens with zero attached hydrogens (tertiary/aromatic N) is 1. The van der Waals surface area contributed by atoms with Crippen LogP contribution in [0.4, 0.5) is 5.69 Å². The van der Waals surface area contributed by atoms with Gasteiger partial charge in [0.2, 0.25) is 10.0 Å². The van der Waals surface area contributed by atoms with Gasteiger partial charge in [0, 0.05) is 18.8 Å². The summed E-state index contributed by atoms with van der Waals surface area (Å²) in [5.74, 6) is -1.70. The molecule has 1 aliphatic rings. The van der Waals surface area contributed by atoms with Gasteiger partial charge < -0.3 is 15.2 Å². The molecule has 0 unspecified atom stereocenters. The highest BCUT2D eigenvalue weighted by atomic mass is 32.2. The van der Waals surface area contributed by atoms with Crippen LogP contribution < -0.4 is 5.32 Å². The molecule has 8 nitrogen and oxygen atoms in total. The zero-order valence-corrected chi connectivity index (χ0v) is 17.4. The van der Waals surface area contributed by atoms with E-state index in [1.54, 1.807) is 31.2 Å². The number of rotatable bonds is 6. The molecule has 3 rings (SSSR count). The number of benzene rings is 2. The lowest BCUT2D eigenvalue weighted by Crippen LogP contribution is -2.36. The third-order valence-electron chi connectivity index (χ3n) is 4.86. The number of carbonyl (C=O) groups is 2. The molecule has 0 radical (unpaired) electrons. The van der Waals surface area contributed by atoms with Crippen molar-refractivity contribution in [2.75, 3.05) is 25.0 Å². The van der Waals surface area contributed by atoms with Crippen LogP contribution in [0.25, 0.3) is 0 Å². The van der Waals surface area contributed by atoms with Gasteiger partial charge >= 0.3 is 5.97 Å². The van der Waals surface area contributed by atoms with Crippen LogP contribution in [0.3, 0.4) is 0 Å². The number of sulfonamides is 1. The van der Waals surface area contributed by atoms with Crippen LogP contribution in [-0.4, -0.2) is 49.4 Å². The molecular weight excluding hydrogens is 408 g/mol. The van der Waals surface area contributed by atoms with E-state index in [0.717, 1.165) is 19.3 Å². The standard InChI is InChI=1S/C21H24N2O6S/c1-15-9-10-16(13-19(15)30(27,28)23-11-5-2-6-12-23)22-20(25)14-29-21(26)17-7-3-4-8-18(17)24/h3-4,7-10,13,24H,2,5-6,11-12,14H2,1H3,(H,22,25). The molecule has 30 heavy (non-hydrogen) atoms. The zero-order chi connectivity index (χ0) is 21.7. The number of hydrogen-bond donors (Lipinski definition) is 2. The van der Waals surface area contributed by atoms with Crippen molar-refractivity contribution in [3.05, 3.63) is 53.6 Å². The largest absolute Gasteiger partial charge is 0.507 e. The lowest BCUT2D eigenvalue weighted by Gasteiger charge is -2.26. The Hall–Kier alpha value is -2.91. The Morgan fingerprint density at radius 3 is 2.50 bits per heavy atom. The second-order valence-corrected chi connectivity index (χ2v) is 8.99. The highest BCUT2D eigenvalue weighted by Gasteiger charge is 2.27. The van der Waals surface area contributed by atoms with Crippen molar-refractivity contribution in [1.82, 2.24) is 4.31 Å². The fourth-order valence-corrected chi connectivity index (χ4v) is 5.02. The molecule has 2 N–H and O–H groups in total. The van der Waals surface area contributed by atoms with Crippen molar-refractivity contribution in [2.45, 2.75) is 31.1 Å². The molecule has 1 heterocycles. The number of para-hydroxylation sites is 1. The van der Waals surface area contributed by atoms with E-state index >= 15 is 0 Å². The minimum absolute atomic E-state index is 0.0458. The Balaban J connectivity index is 1.67. The van der Waals surface area contributed by atoms with Crippen molar-refractivity contribution >= 4 is 27.6 Å². The van der Waals surface area contributed by atoms with Crippen molar-refractivity contribution in [1.29, 1.82) is 0 Å². The number of anilines is 1. The van der Waals surface area contributed by atoms with Gasteiger partial charge in [-0.05, 0) is 49.6 Å². The molecule has 1 saturated heterocycles. The molecule has 9 heteroatoms. The van der Waals surface area contributed by atoms with Gasteiger partial charge in [0.1, 0.15) is 11.3 Å². The number of esters is 1. The van der Waals surface area contributed by atoms with Crippen molar-refractivity contribution < 1.29 is 27.9 Å². The molecule has 0 spiro atoms. The number of carbonyl (C=O) groups excluding carboxylic acids is 2. The van der Waals surface area contributed by atoms with E-state index in [9.17, 15) is 23.1 Å². The Bertz CT molecular complexity index is 1050. The third-order valence-corrected chi connectivity index (χ3v) is 6.90. The summed E-state index contributed by atoms with van der Waals surface area (Å²) in [5, 5.41) is 12.2. The summed E-state index contributed by atoms with van der Waals surface area (Å²) in [6.45, 7) is 2.10. The number of phenolic OH excluding ortho intramolecular Hbond substituents is 1. The number of aryl methyl sites for hydroxylation is 1. The van der Waals surface area contributed by atoms with Crippen LogP contribution in [-0.2, 0) is 19.6 Å². The highest BCUT2D eigenvalue weighted by Crippen LogP contribution is 2.26. The summed E-state index contributed by atoms with van der Waals surface area (Å²) in [7, 11) is -3.65. The Morgan fingerprint density at radius 2 is 1.80 bits per heavy atom. The van der Waals surface area contributed by atoms with E-state index < -0.39 is 28.5 Å². The number of hydrogen-bond acceptors (Lipinski definition) is 6. The minimum atomic E-state index is -3.65. The van der Waals surface area contributed by atoms with Crippen LogP contribution in [0.2, 0.25) is 0 Å². The van der Waals surface area contributed by atoms with E-state index in [-0.39, 0.29) is 16.2 Å². The van der Waals surface area contributed by atoms with Crippen LogP contribution in [0, 0.1) is 6.92 Å². The van der Waals surface area contributed by atoms with Crippen LogP contribution in [0.1, 0.15) is 35.2 Å². The Labute approximate surface area is 175 Å². The smallest absolute Gasteiger partial charge is 0.342 e. The first-order chi connectivity index (χ1) is 14.3. The second kappa shape index (κ2) is 9.27. The highest BCUT2D eigenvalue weighted by molar-refractivity contribution is 7.89. The van der Waals surface area contributed by atoms with Gasteiger partial charge in [-0.15, -0.1) is 0 Å². The van der Waals surface area contributed by atoms with Crippen molar-refractivity contribution in [3.8, 4) is 5.75 Å². The Morgan fingerprint density at radius 1 is 1.10 bits per heavy atom. The molecule has 0 aliphatic carbocycles. The fourth-order valence-electron chi connectivity index (χ4n) is 3.25. The summed E-state index contributed by atoms with van der Waals surface area (Å²) in [6.07, 6.45) is 2.68. The quantitative estimate of drug-likeness (QED) is 0.679. The number of amides is 1. The maximum Gasteiger partial charge on any atom is 0.342 e. The molecule has 160 valence electrons. The summed E-state index contributed by atoms with van der Waals surface area (Å²) in [6, 6.07) is 10.5. The molecule has 0 saturated carbocycles. The molecular formula is C21H24N2O6S. The first kappa shape index (κ1) is 21.8. The van der Waals surface area contributed by atoms with E-state index in [0.29, 0.717) is 24.3 Å². The van der Waals surface area contributed by atoms with E-state index in [1.807, 2.05) is 0 Å². The second-order valence-electron chi connectivity index (χ2n) is 7.09. The summed E-state index contributed by atoms with van der Waals surface area (Å²) < 4.78 is 32.3.